The minimum Gasteiger partial charge on any atom is -0.386 e. The van der Waals surface area contributed by atoms with Gasteiger partial charge in [-0.15, -0.1) is 0 Å². The predicted molar refractivity (Wildman–Crippen MR) is 85.6 cm³/mol. The monoisotopic (exact) mass is 307 g/mol. The minimum absolute atomic E-state index is 0.0430. The molecule has 21 heavy (non-hydrogen) atoms. The molecule has 2 atom stereocenters. The number of aliphatic hydroxyl groups excluding tert-OH is 1. The molecule has 0 bridgehead atoms. The Hall–Kier alpha value is -1.36. The first-order chi connectivity index (χ1) is 10.0. The van der Waals surface area contributed by atoms with E-state index in [0.717, 1.165) is 12.1 Å². The Kier molecular flexibility index (Phi) is 5.39. The van der Waals surface area contributed by atoms with Crippen LogP contribution in [0.3, 0.4) is 0 Å². The first-order valence-corrected chi connectivity index (χ1v) is 7.47. The molecule has 1 N–H and O–H groups in total. The van der Waals surface area contributed by atoms with E-state index in [4.69, 9.17) is 11.6 Å². The lowest BCUT2D eigenvalue weighted by molar-refractivity contribution is 0.140. The minimum atomic E-state index is -0.676. The maximum Gasteiger partial charge on any atom is 0.104 e. The highest BCUT2D eigenvalue weighted by molar-refractivity contribution is 6.31. The highest BCUT2D eigenvalue weighted by Gasteiger charge is 2.24. The van der Waals surface area contributed by atoms with E-state index >= 15 is 0 Å². The van der Waals surface area contributed by atoms with Gasteiger partial charge in [-0.25, -0.2) is 0 Å². The lowest BCUT2D eigenvalue weighted by Gasteiger charge is -2.21. The van der Waals surface area contributed by atoms with Crippen LogP contribution in [0.2, 0.25) is 5.02 Å². The van der Waals surface area contributed by atoms with Gasteiger partial charge in [-0.05, 0) is 19.7 Å². The van der Waals surface area contributed by atoms with Crippen LogP contribution < -0.4 is 0 Å². The molecule has 1 aromatic heterocycles. The van der Waals surface area contributed by atoms with Gasteiger partial charge in [-0.1, -0.05) is 48.9 Å². The first-order valence-electron chi connectivity index (χ1n) is 7.09. The second kappa shape index (κ2) is 7.07. The van der Waals surface area contributed by atoms with Crippen molar-refractivity contribution in [1.82, 2.24) is 14.7 Å². The van der Waals surface area contributed by atoms with Gasteiger partial charge in [0.15, 0.2) is 0 Å². The number of benzene rings is 1. The van der Waals surface area contributed by atoms with E-state index in [1.807, 2.05) is 51.4 Å². The fraction of sp³-hybridized carbons (Fsp3) is 0.438. The van der Waals surface area contributed by atoms with Gasteiger partial charge in [-0.2, -0.15) is 5.10 Å². The van der Waals surface area contributed by atoms with Crippen molar-refractivity contribution in [2.75, 3.05) is 20.6 Å². The maximum absolute atomic E-state index is 10.7. The lowest BCUT2D eigenvalue weighted by Crippen LogP contribution is -2.22. The topological polar surface area (TPSA) is 41.3 Å². The molecule has 1 aromatic carbocycles. The quantitative estimate of drug-likeness (QED) is 0.892. The van der Waals surface area contributed by atoms with E-state index in [2.05, 4.69) is 10.00 Å². The van der Waals surface area contributed by atoms with Crippen LogP contribution in [0.15, 0.2) is 36.5 Å². The molecule has 2 rings (SSSR count). The highest BCUT2D eigenvalue weighted by atomic mass is 35.5. The van der Waals surface area contributed by atoms with Gasteiger partial charge in [0, 0.05) is 12.5 Å². The largest absolute Gasteiger partial charge is 0.386 e. The highest BCUT2D eigenvalue weighted by Crippen LogP contribution is 2.34. The Bertz CT molecular complexity index is 568. The number of likely N-dealkylation sites (N-methyl/N-ethyl adjacent to an activating group) is 1. The fourth-order valence-electron chi connectivity index (χ4n) is 2.31. The molecular weight excluding hydrogens is 286 g/mol. The Morgan fingerprint density at radius 2 is 1.95 bits per heavy atom. The van der Waals surface area contributed by atoms with Crippen molar-refractivity contribution in [3.8, 4) is 0 Å². The molecule has 0 aliphatic heterocycles. The van der Waals surface area contributed by atoms with Crippen molar-refractivity contribution in [2.45, 2.75) is 25.5 Å². The second-order valence-corrected chi connectivity index (χ2v) is 5.96. The van der Waals surface area contributed by atoms with Crippen LogP contribution in [-0.4, -0.2) is 40.4 Å². The third-order valence-electron chi connectivity index (χ3n) is 3.67. The van der Waals surface area contributed by atoms with Gasteiger partial charge in [-0.3, -0.25) is 4.68 Å². The van der Waals surface area contributed by atoms with Crippen LogP contribution in [0, 0.1) is 0 Å². The molecule has 0 radical (unpaired) electrons. The molecule has 2 aromatic rings. The summed E-state index contributed by atoms with van der Waals surface area (Å²) in [5.74, 6) is -0.0430. The fourth-order valence-corrected chi connectivity index (χ4v) is 2.57. The van der Waals surface area contributed by atoms with Gasteiger partial charge in [0.1, 0.15) is 6.10 Å². The van der Waals surface area contributed by atoms with E-state index in [0.29, 0.717) is 17.3 Å². The molecule has 0 saturated heterocycles. The van der Waals surface area contributed by atoms with E-state index in [1.165, 1.54) is 0 Å². The summed E-state index contributed by atoms with van der Waals surface area (Å²) >= 11 is 6.23. The van der Waals surface area contributed by atoms with Crippen molar-refractivity contribution >= 4 is 11.6 Å². The van der Waals surface area contributed by atoms with Gasteiger partial charge in [0.2, 0.25) is 0 Å². The molecule has 2 unspecified atom stereocenters. The summed E-state index contributed by atoms with van der Waals surface area (Å²) in [5, 5.41) is 15.5. The summed E-state index contributed by atoms with van der Waals surface area (Å²) in [6.07, 6.45) is 0.928. The molecule has 4 nitrogen and oxygen atoms in total. The smallest absolute Gasteiger partial charge is 0.104 e. The van der Waals surface area contributed by atoms with E-state index in [9.17, 15) is 5.11 Å². The van der Waals surface area contributed by atoms with Crippen LogP contribution in [0.1, 0.15) is 30.2 Å². The number of aliphatic hydroxyl groups is 1. The Morgan fingerprint density at radius 3 is 2.57 bits per heavy atom. The summed E-state index contributed by atoms with van der Waals surface area (Å²) < 4.78 is 1.80. The summed E-state index contributed by atoms with van der Waals surface area (Å²) in [5.41, 5.74) is 1.77. The number of nitrogens with zero attached hydrogens (tertiary/aromatic N) is 3. The molecule has 114 valence electrons. The molecule has 5 heteroatoms. The van der Waals surface area contributed by atoms with Crippen LogP contribution in [-0.2, 0) is 6.54 Å². The Labute approximate surface area is 131 Å². The average Bonchev–Trinajstić information content (AvgIpc) is 2.85. The van der Waals surface area contributed by atoms with E-state index in [1.54, 1.807) is 10.9 Å². The molecule has 0 aliphatic carbocycles. The zero-order chi connectivity index (χ0) is 15.4. The Morgan fingerprint density at radius 1 is 1.29 bits per heavy atom. The van der Waals surface area contributed by atoms with Crippen molar-refractivity contribution in [2.24, 2.45) is 0 Å². The van der Waals surface area contributed by atoms with Crippen LogP contribution in [0.25, 0.3) is 0 Å². The normalized spacial score (nSPS) is 14.4. The summed E-state index contributed by atoms with van der Waals surface area (Å²) in [4.78, 5) is 2.08. The third kappa shape index (κ3) is 3.84. The van der Waals surface area contributed by atoms with E-state index in [-0.39, 0.29) is 5.92 Å². The zero-order valence-electron chi connectivity index (χ0n) is 12.7. The van der Waals surface area contributed by atoms with Crippen molar-refractivity contribution in [1.29, 1.82) is 0 Å². The number of halogens is 1. The average molecular weight is 308 g/mol. The molecular formula is C16H22ClN3O. The second-order valence-electron chi connectivity index (χ2n) is 5.55. The van der Waals surface area contributed by atoms with Crippen molar-refractivity contribution in [3.63, 3.8) is 0 Å². The van der Waals surface area contributed by atoms with Gasteiger partial charge in [0.25, 0.3) is 0 Å². The van der Waals surface area contributed by atoms with Gasteiger partial charge in [0.05, 0.1) is 23.5 Å². The number of hydrogen-bond donors (Lipinski definition) is 1. The summed E-state index contributed by atoms with van der Waals surface area (Å²) in [7, 11) is 4.02. The van der Waals surface area contributed by atoms with Crippen molar-refractivity contribution < 1.29 is 5.11 Å². The maximum atomic E-state index is 10.7. The van der Waals surface area contributed by atoms with Gasteiger partial charge < -0.3 is 10.0 Å². The van der Waals surface area contributed by atoms with Crippen LogP contribution in [0.4, 0.5) is 0 Å². The van der Waals surface area contributed by atoms with Crippen LogP contribution >= 0.6 is 11.6 Å². The van der Waals surface area contributed by atoms with Crippen molar-refractivity contribution in [3.05, 3.63) is 52.8 Å². The SMILES string of the molecule is CC(c1ccccc1)C(O)c1c(Cl)cnn1CCN(C)C. The first kappa shape index (κ1) is 16.0. The predicted octanol–water partition coefficient (Wildman–Crippen LogP) is 2.94. The number of aromatic nitrogens is 2. The number of rotatable bonds is 6. The van der Waals surface area contributed by atoms with Gasteiger partial charge >= 0.3 is 0 Å². The summed E-state index contributed by atoms with van der Waals surface area (Å²) in [6, 6.07) is 9.95. The van der Waals surface area contributed by atoms with Crippen LogP contribution in [0.5, 0.6) is 0 Å². The third-order valence-corrected chi connectivity index (χ3v) is 3.96. The Balaban J connectivity index is 2.22. The molecule has 1 heterocycles. The molecule has 0 amide bonds. The molecule has 0 saturated carbocycles. The van der Waals surface area contributed by atoms with E-state index < -0.39 is 6.10 Å². The number of hydrogen-bond acceptors (Lipinski definition) is 3. The molecule has 0 aliphatic rings. The summed E-state index contributed by atoms with van der Waals surface area (Å²) in [6.45, 7) is 3.55. The molecule has 0 fully saturated rings. The molecule has 0 spiro atoms. The standard InChI is InChI=1S/C16H22ClN3O/c1-12(13-7-5-4-6-8-13)16(21)15-14(17)11-18-20(15)10-9-19(2)3/h4-8,11-12,16,21H,9-10H2,1-3H3. The zero-order valence-corrected chi connectivity index (χ0v) is 13.5. The lowest BCUT2D eigenvalue weighted by atomic mass is 9.93.